The van der Waals surface area contributed by atoms with Crippen LogP contribution in [-0.4, -0.2) is 24.3 Å². The molecule has 0 aliphatic heterocycles. The molecule has 3 rings (SSSR count). The van der Waals surface area contributed by atoms with Crippen LogP contribution in [0.4, 0.5) is 5.69 Å². The maximum atomic E-state index is 7.66. The fraction of sp³-hybridized carbons (Fsp3) is 0.519. The number of aryl methyl sites for hydroxylation is 1. The quantitative estimate of drug-likeness (QED) is 0.166. The predicted octanol–water partition coefficient (Wildman–Crippen LogP) is 7.88. The minimum atomic E-state index is 0.387. The molecule has 0 atom stereocenters. The topological polar surface area (TPSA) is 72.0 Å². The van der Waals surface area contributed by atoms with Crippen LogP contribution in [0.25, 0.3) is 10.2 Å². The van der Waals surface area contributed by atoms with Crippen molar-refractivity contribution in [2.75, 3.05) is 19.8 Å². The molecule has 184 valence electrons. The summed E-state index contributed by atoms with van der Waals surface area (Å²) in [5, 5.41) is 3.73. The lowest BCUT2D eigenvalue weighted by Gasteiger charge is -2.11. The lowest BCUT2D eigenvalue weighted by Crippen LogP contribution is -2.15. The third-order valence-corrected chi connectivity index (χ3v) is 6.81. The zero-order valence-electron chi connectivity index (χ0n) is 20.6. The Balaban J connectivity index is 1.78. The Labute approximate surface area is 207 Å². The highest BCUT2D eigenvalue weighted by Crippen LogP contribution is 2.34. The lowest BCUT2D eigenvalue weighted by molar-refractivity contribution is 0.217. The van der Waals surface area contributed by atoms with Gasteiger partial charge in [0.1, 0.15) is 30.4 Å². The second-order valence-corrected chi connectivity index (χ2v) is 9.46. The van der Waals surface area contributed by atoms with E-state index in [1.54, 1.807) is 11.3 Å². The number of rotatable bonds is 16. The first-order valence-electron chi connectivity index (χ1n) is 12.6. The summed E-state index contributed by atoms with van der Waals surface area (Å²) in [5.41, 5.74) is 9.31. The first-order valence-corrected chi connectivity index (χ1v) is 13.4. The summed E-state index contributed by atoms with van der Waals surface area (Å²) in [7, 11) is 0. The maximum Gasteiger partial charge on any atom is 0.185 e. The van der Waals surface area contributed by atoms with Crippen molar-refractivity contribution in [3.63, 3.8) is 0 Å². The van der Waals surface area contributed by atoms with Gasteiger partial charge in [0.2, 0.25) is 0 Å². The molecule has 0 spiro atoms. The van der Waals surface area contributed by atoms with Crippen molar-refractivity contribution in [3.8, 4) is 11.5 Å². The summed E-state index contributed by atoms with van der Waals surface area (Å²) < 4.78 is 15.2. The highest BCUT2D eigenvalue weighted by atomic mass is 32.1. The van der Waals surface area contributed by atoms with Gasteiger partial charge in [-0.15, -0.1) is 0 Å². The fourth-order valence-electron chi connectivity index (χ4n) is 3.86. The molecule has 7 heteroatoms. The van der Waals surface area contributed by atoms with Gasteiger partial charge < -0.3 is 14.0 Å². The molecular formula is C27H38N4O2S. The van der Waals surface area contributed by atoms with Crippen molar-refractivity contribution in [1.82, 2.24) is 4.57 Å². The monoisotopic (exact) mass is 482 g/mol. The number of thiazole rings is 1. The minimum Gasteiger partial charge on any atom is -0.490 e. The van der Waals surface area contributed by atoms with Gasteiger partial charge in [-0.3, -0.25) is 4.99 Å². The van der Waals surface area contributed by atoms with Crippen molar-refractivity contribution in [2.24, 2.45) is 10.1 Å². The van der Waals surface area contributed by atoms with E-state index in [1.165, 1.54) is 38.5 Å². The lowest BCUT2D eigenvalue weighted by atomic mass is 10.2. The van der Waals surface area contributed by atoms with Crippen LogP contribution in [0, 0.1) is 5.53 Å². The molecule has 1 aromatic heterocycles. The van der Waals surface area contributed by atoms with Gasteiger partial charge in [-0.2, -0.15) is 5.11 Å². The fourth-order valence-corrected chi connectivity index (χ4v) is 4.96. The van der Waals surface area contributed by atoms with Gasteiger partial charge in [-0.05, 0) is 31.0 Å². The zero-order valence-corrected chi connectivity index (χ0v) is 21.4. The predicted molar refractivity (Wildman–Crippen MR) is 141 cm³/mol. The molecule has 0 aliphatic carbocycles. The van der Waals surface area contributed by atoms with E-state index >= 15 is 0 Å². The number of benzene rings is 2. The molecule has 0 saturated heterocycles. The van der Waals surface area contributed by atoms with Crippen LogP contribution in [0.2, 0.25) is 0 Å². The van der Waals surface area contributed by atoms with Gasteiger partial charge in [0.15, 0.2) is 4.80 Å². The standard InChI is InChI=1S/C27H38N4O2S/c1-3-5-7-12-16-29-27-31(17-13-8-6-4-2)24-21-25(23(30-28)20-26(24)34-27)33-19-18-32-22-14-10-9-11-15-22/h9-11,14-15,20-21,28H,3-8,12-13,16-19H2,1-2H3. The number of hydrogen-bond acceptors (Lipinski definition) is 6. The van der Waals surface area contributed by atoms with E-state index in [1.807, 2.05) is 42.5 Å². The van der Waals surface area contributed by atoms with E-state index in [-0.39, 0.29) is 0 Å². The molecule has 0 saturated carbocycles. The van der Waals surface area contributed by atoms with Gasteiger partial charge in [0, 0.05) is 19.2 Å². The molecule has 0 fully saturated rings. The Morgan fingerprint density at radius 3 is 2.35 bits per heavy atom. The summed E-state index contributed by atoms with van der Waals surface area (Å²) in [6.45, 7) is 7.09. The minimum absolute atomic E-state index is 0.387. The number of nitrogens with zero attached hydrogens (tertiary/aromatic N) is 3. The van der Waals surface area contributed by atoms with Crippen LogP contribution in [-0.2, 0) is 6.54 Å². The van der Waals surface area contributed by atoms with E-state index in [0.717, 1.165) is 46.7 Å². The highest BCUT2D eigenvalue weighted by molar-refractivity contribution is 7.16. The molecular weight excluding hydrogens is 444 g/mol. The van der Waals surface area contributed by atoms with Gasteiger partial charge in [0.05, 0.1) is 10.2 Å². The normalized spacial score (nSPS) is 11.8. The highest BCUT2D eigenvalue weighted by Gasteiger charge is 2.13. The number of aromatic nitrogens is 1. The van der Waals surface area contributed by atoms with Crippen molar-refractivity contribution >= 4 is 27.2 Å². The van der Waals surface area contributed by atoms with E-state index < -0.39 is 0 Å². The first-order chi connectivity index (χ1) is 16.8. The second kappa shape index (κ2) is 14.6. The summed E-state index contributed by atoms with van der Waals surface area (Å²) in [6, 6.07) is 13.7. The van der Waals surface area contributed by atoms with Crippen LogP contribution in [0.3, 0.4) is 0 Å². The number of nitrogens with one attached hydrogen (secondary N) is 1. The van der Waals surface area contributed by atoms with Crippen molar-refractivity contribution < 1.29 is 9.47 Å². The van der Waals surface area contributed by atoms with Crippen LogP contribution < -0.4 is 14.3 Å². The Morgan fingerprint density at radius 1 is 0.882 bits per heavy atom. The summed E-state index contributed by atoms with van der Waals surface area (Å²) in [6.07, 6.45) is 9.69. The Bertz CT molecular complexity index is 1080. The number of fused-ring (bicyclic) bond motifs is 1. The molecule has 34 heavy (non-hydrogen) atoms. The molecule has 0 bridgehead atoms. The summed E-state index contributed by atoms with van der Waals surface area (Å²) in [4.78, 5) is 6.01. The zero-order chi connectivity index (χ0) is 24.0. The van der Waals surface area contributed by atoms with Crippen LogP contribution in [0.1, 0.15) is 65.2 Å². The number of ether oxygens (including phenoxy) is 2. The summed E-state index contributed by atoms with van der Waals surface area (Å²) in [5.74, 6) is 1.44. The van der Waals surface area contributed by atoms with Crippen LogP contribution in [0.15, 0.2) is 52.6 Å². The van der Waals surface area contributed by atoms with Gasteiger partial charge in [-0.1, -0.05) is 81.9 Å². The van der Waals surface area contributed by atoms with E-state index in [9.17, 15) is 0 Å². The number of unbranched alkanes of at least 4 members (excludes halogenated alkanes) is 6. The largest absolute Gasteiger partial charge is 0.490 e. The molecule has 0 radical (unpaired) electrons. The van der Waals surface area contributed by atoms with Crippen LogP contribution >= 0.6 is 11.3 Å². The third kappa shape index (κ3) is 7.69. The summed E-state index contributed by atoms with van der Waals surface area (Å²) >= 11 is 1.69. The Kier molecular flexibility index (Phi) is 11.1. The third-order valence-electron chi connectivity index (χ3n) is 5.73. The molecule has 1 N–H and O–H groups in total. The molecule has 3 aromatic rings. The maximum absolute atomic E-state index is 7.66. The smallest absolute Gasteiger partial charge is 0.185 e. The average molecular weight is 483 g/mol. The van der Waals surface area contributed by atoms with Crippen LogP contribution in [0.5, 0.6) is 11.5 Å². The van der Waals surface area contributed by atoms with E-state index in [2.05, 4.69) is 23.5 Å². The second-order valence-electron chi connectivity index (χ2n) is 8.45. The SMILES string of the molecule is CCCCCCN=c1sc2cc(N=N)c(OCCOc3ccccc3)cc2n1CCCCCC. The molecule has 6 nitrogen and oxygen atoms in total. The van der Waals surface area contributed by atoms with E-state index in [0.29, 0.717) is 24.7 Å². The first kappa shape index (κ1) is 25.9. The van der Waals surface area contributed by atoms with Crippen molar-refractivity contribution in [2.45, 2.75) is 71.8 Å². The van der Waals surface area contributed by atoms with Gasteiger partial charge in [0.25, 0.3) is 0 Å². The Morgan fingerprint density at radius 2 is 1.62 bits per heavy atom. The van der Waals surface area contributed by atoms with Crippen molar-refractivity contribution in [1.29, 1.82) is 5.53 Å². The number of para-hydroxylation sites is 1. The van der Waals surface area contributed by atoms with Crippen molar-refractivity contribution in [3.05, 3.63) is 47.3 Å². The molecule has 0 aliphatic rings. The number of hydrogen-bond donors (Lipinski definition) is 1. The van der Waals surface area contributed by atoms with Gasteiger partial charge in [-0.25, -0.2) is 5.53 Å². The molecule has 1 heterocycles. The van der Waals surface area contributed by atoms with Gasteiger partial charge >= 0.3 is 0 Å². The van der Waals surface area contributed by atoms with E-state index in [4.69, 9.17) is 20.0 Å². The molecule has 0 unspecified atom stereocenters. The molecule has 0 amide bonds. The average Bonchev–Trinajstić information content (AvgIpc) is 3.20. The molecule has 2 aromatic carbocycles. The Hall–Kier alpha value is -2.67.